The Balaban J connectivity index is 0.00000182. The number of fused-ring (bicyclic) bond motifs is 3. The number of hydrogen-bond donors (Lipinski definition) is 2. The van der Waals surface area contributed by atoms with E-state index >= 15 is 0 Å². The second-order valence-electron chi connectivity index (χ2n) is 8.54. The molecule has 0 amide bonds. The summed E-state index contributed by atoms with van der Waals surface area (Å²) in [6, 6.07) is 17.1. The van der Waals surface area contributed by atoms with Gasteiger partial charge in [0.2, 0.25) is 0 Å². The molecule has 0 saturated heterocycles. The van der Waals surface area contributed by atoms with Crippen LogP contribution in [0.3, 0.4) is 0 Å². The minimum atomic E-state index is -3.98. The van der Waals surface area contributed by atoms with E-state index in [0.29, 0.717) is 6.61 Å². The number of hydrogen-bond acceptors (Lipinski definition) is 3. The molecule has 150 valence electrons. The quantitative estimate of drug-likeness (QED) is 0.633. The fraction of sp³-hybridized carbons (Fsp3) is 0.381. The van der Waals surface area contributed by atoms with Crippen molar-refractivity contribution in [1.82, 2.24) is 3.80 Å². The van der Waals surface area contributed by atoms with Gasteiger partial charge in [0.1, 0.15) is 0 Å². The third kappa shape index (κ3) is 4.73. The Labute approximate surface area is 176 Å². The number of nitrogens with one attached hydrogen (secondary N) is 1. The maximum absolute atomic E-state index is 9.43. The standard InChI is InChI=1S/C13H9.C4H10N.C2H5O2.CH3.CH2.2ClH.Ti/c1-3-7-12-10(5-1)9-11-6-2-4-8-13(11)12;1-4(2,3)5;3-1-2-4;;;;;/h1-9H;5H,1-3H3;3H,1-2H2;1H3;1H2;2*1H;/q;2*-1;;;;;+2. The third-order valence-corrected chi connectivity index (χ3v) is 12.0. The molecule has 0 unspecified atom stereocenters. The van der Waals surface area contributed by atoms with Crippen LogP contribution in [0.4, 0.5) is 0 Å². The number of aliphatic hydroxyl groups excluding tert-OH is 1. The van der Waals surface area contributed by atoms with E-state index < -0.39 is 15.5 Å². The van der Waals surface area contributed by atoms with Gasteiger partial charge in [0, 0.05) is 0 Å². The SMILES string of the molecule is Cl.Cl.[CH2]=[Ti]([CH3])([NH]C(C)(C)C)([O]CCO)[CH]1c2ccccc2-c2ccccc21. The van der Waals surface area contributed by atoms with Crippen molar-refractivity contribution < 1.29 is 23.9 Å². The molecule has 6 heteroatoms. The van der Waals surface area contributed by atoms with E-state index in [1.165, 1.54) is 22.3 Å². The first-order valence-electron chi connectivity index (χ1n) is 8.93. The van der Waals surface area contributed by atoms with Gasteiger partial charge in [0.05, 0.1) is 0 Å². The second kappa shape index (κ2) is 8.46. The van der Waals surface area contributed by atoms with Crippen LogP contribution in [0.1, 0.15) is 36.1 Å². The molecule has 0 aliphatic heterocycles. The van der Waals surface area contributed by atoms with Gasteiger partial charge >= 0.3 is 152 Å². The van der Waals surface area contributed by atoms with Gasteiger partial charge in [-0.05, 0) is 0 Å². The molecule has 2 aromatic carbocycles. The van der Waals surface area contributed by atoms with Crippen LogP contribution >= 0.6 is 24.8 Å². The van der Waals surface area contributed by atoms with Gasteiger partial charge in [0.25, 0.3) is 0 Å². The van der Waals surface area contributed by atoms with Crippen molar-refractivity contribution in [2.75, 3.05) is 13.2 Å². The average molecular weight is 448 g/mol. The molecule has 2 aromatic rings. The summed E-state index contributed by atoms with van der Waals surface area (Å²) in [5.41, 5.74) is 4.98. The molecule has 2 N–H and O–H groups in total. The molecule has 1 aliphatic rings. The average Bonchev–Trinajstić information content (AvgIpc) is 2.87. The predicted octanol–water partition coefficient (Wildman–Crippen LogP) is 5.00. The minimum absolute atomic E-state index is 0. The van der Waals surface area contributed by atoms with Crippen molar-refractivity contribution in [2.45, 2.75) is 35.8 Å². The second-order valence-corrected chi connectivity index (χ2v) is 16.5. The summed E-state index contributed by atoms with van der Waals surface area (Å²) < 4.78 is 10.4. The zero-order valence-electron chi connectivity index (χ0n) is 16.5. The van der Waals surface area contributed by atoms with Gasteiger partial charge < -0.3 is 0 Å². The van der Waals surface area contributed by atoms with Crippen molar-refractivity contribution in [2.24, 2.45) is 0 Å². The zero-order valence-corrected chi connectivity index (χ0v) is 19.7. The Bertz CT molecular complexity index is 818. The molecule has 0 heterocycles. The molecule has 0 radical (unpaired) electrons. The van der Waals surface area contributed by atoms with Crippen LogP contribution in [-0.4, -0.2) is 28.7 Å². The number of benzene rings is 2. The predicted molar refractivity (Wildman–Crippen MR) is 117 cm³/mol. The van der Waals surface area contributed by atoms with Crippen LogP contribution in [0.25, 0.3) is 11.1 Å². The van der Waals surface area contributed by atoms with Crippen LogP contribution < -0.4 is 3.80 Å². The summed E-state index contributed by atoms with van der Waals surface area (Å²) in [7, 11) is 0. The van der Waals surface area contributed by atoms with E-state index in [0.717, 1.165) is 0 Å². The van der Waals surface area contributed by atoms with Gasteiger partial charge in [-0.1, -0.05) is 0 Å². The molecule has 3 rings (SSSR count). The molecular formula is C21H31Cl2NO2Ti. The van der Waals surface area contributed by atoms with E-state index in [9.17, 15) is 5.11 Å². The number of rotatable bonds is 5. The van der Waals surface area contributed by atoms with Crippen molar-refractivity contribution in [3.63, 3.8) is 0 Å². The number of halogens is 2. The Morgan fingerprint density at radius 1 is 1.00 bits per heavy atom. The summed E-state index contributed by atoms with van der Waals surface area (Å²) in [4.78, 5) is 4.75. The van der Waals surface area contributed by atoms with Crippen molar-refractivity contribution in [3.05, 3.63) is 59.7 Å². The van der Waals surface area contributed by atoms with E-state index in [-0.39, 0.29) is 41.2 Å². The fourth-order valence-corrected chi connectivity index (χ4v) is 12.6. The molecule has 27 heavy (non-hydrogen) atoms. The van der Waals surface area contributed by atoms with E-state index in [4.69, 9.17) is 8.14 Å². The van der Waals surface area contributed by atoms with Crippen molar-refractivity contribution in [3.8, 4) is 11.1 Å². The Morgan fingerprint density at radius 3 is 1.85 bits per heavy atom. The Hall–Kier alpha value is -0.516. The summed E-state index contributed by atoms with van der Waals surface area (Å²) >= 11 is -3.98. The van der Waals surface area contributed by atoms with Crippen LogP contribution in [0.5, 0.6) is 0 Å². The fourth-order valence-electron chi connectivity index (χ4n) is 4.50. The molecule has 1 aliphatic carbocycles. The Kier molecular flexibility index (Phi) is 7.69. The van der Waals surface area contributed by atoms with E-state index in [2.05, 4.69) is 78.3 Å². The maximum atomic E-state index is 9.43. The van der Waals surface area contributed by atoms with Gasteiger partial charge in [-0.3, -0.25) is 0 Å². The molecule has 3 nitrogen and oxygen atoms in total. The first-order chi connectivity index (χ1) is 11.6. The normalized spacial score (nSPS) is 14.0. The van der Waals surface area contributed by atoms with Gasteiger partial charge in [-0.2, -0.15) is 0 Å². The summed E-state index contributed by atoms with van der Waals surface area (Å²) in [5.74, 6) is 0. The van der Waals surface area contributed by atoms with Gasteiger partial charge in [-0.15, -0.1) is 24.8 Å². The molecule has 0 atom stereocenters. The zero-order chi connectivity index (χ0) is 18.3. The summed E-state index contributed by atoms with van der Waals surface area (Å²) in [5, 5.41) is 11.6. The topological polar surface area (TPSA) is 41.5 Å². The van der Waals surface area contributed by atoms with Crippen LogP contribution in [0, 0.1) is 0 Å². The van der Waals surface area contributed by atoms with Gasteiger partial charge in [-0.25, -0.2) is 0 Å². The molecule has 0 spiro atoms. The third-order valence-electron chi connectivity index (χ3n) is 4.90. The summed E-state index contributed by atoms with van der Waals surface area (Å²) in [6.07, 6.45) is 0. The van der Waals surface area contributed by atoms with Crippen LogP contribution in [0.15, 0.2) is 48.5 Å². The van der Waals surface area contributed by atoms with Crippen LogP contribution in [0.2, 0.25) is 5.23 Å². The monoisotopic (exact) mass is 447 g/mol. The van der Waals surface area contributed by atoms with Crippen LogP contribution in [-0.2, 0) is 18.8 Å². The summed E-state index contributed by atoms with van der Waals surface area (Å²) in [6.45, 7) is 6.77. The first kappa shape index (κ1) is 24.5. The van der Waals surface area contributed by atoms with Gasteiger partial charge in [0.15, 0.2) is 0 Å². The molecular weight excluding hydrogens is 417 g/mol. The van der Waals surface area contributed by atoms with Crippen molar-refractivity contribution >= 4 is 29.6 Å². The molecule has 0 fully saturated rings. The van der Waals surface area contributed by atoms with Crippen molar-refractivity contribution in [1.29, 1.82) is 0 Å². The molecule has 0 bridgehead atoms. The van der Waals surface area contributed by atoms with E-state index in [1.807, 2.05) is 0 Å². The molecule has 0 saturated carbocycles. The number of aliphatic hydroxyl groups is 1. The van der Waals surface area contributed by atoms with E-state index in [1.54, 1.807) is 0 Å². The first-order valence-corrected chi connectivity index (χ1v) is 13.9. The Morgan fingerprint density at radius 2 is 1.44 bits per heavy atom. The molecule has 0 aromatic heterocycles.